The summed E-state index contributed by atoms with van der Waals surface area (Å²) in [6.07, 6.45) is 9.44. The van der Waals surface area contributed by atoms with Crippen molar-refractivity contribution in [2.75, 3.05) is 0 Å². The van der Waals surface area contributed by atoms with Gasteiger partial charge in [0.15, 0.2) is 5.78 Å². The van der Waals surface area contributed by atoms with Crippen LogP contribution < -0.4 is 0 Å². The third kappa shape index (κ3) is 4.70. The molecule has 0 saturated carbocycles. The third-order valence-electron chi connectivity index (χ3n) is 4.10. The maximum absolute atomic E-state index is 12.4. The minimum Gasteiger partial charge on any atom is -0.294 e. The SMILES string of the molecule is CCCCCCCCCC(=O)c1cccc2ccccc12. The zero-order chi connectivity index (χ0) is 14.9. The van der Waals surface area contributed by atoms with Crippen LogP contribution >= 0.6 is 0 Å². The first-order chi connectivity index (χ1) is 10.3. The van der Waals surface area contributed by atoms with E-state index in [0.29, 0.717) is 12.2 Å². The lowest BCUT2D eigenvalue weighted by molar-refractivity contribution is 0.0980. The first-order valence-electron chi connectivity index (χ1n) is 8.34. The van der Waals surface area contributed by atoms with Crippen LogP contribution in [0.4, 0.5) is 0 Å². The molecule has 0 aliphatic carbocycles. The van der Waals surface area contributed by atoms with Crippen molar-refractivity contribution in [1.29, 1.82) is 0 Å². The summed E-state index contributed by atoms with van der Waals surface area (Å²) >= 11 is 0. The minimum absolute atomic E-state index is 0.292. The summed E-state index contributed by atoms with van der Waals surface area (Å²) in [5.74, 6) is 0.292. The molecular formula is C20H26O. The second-order valence-electron chi connectivity index (χ2n) is 5.82. The van der Waals surface area contributed by atoms with Gasteiger partial charge in [-0.1, -0.05) is 87.9 Å². The molecule has 1 heteroatoms. The van der Waals surface area contributed by atoms with Gasteiger partial charge in [-0.05, 0) is 17.2 Å². The van der Waals surface area contributed by atoms with Crippen LogP contribution in [0.2, 0.25) is 0 Å². The molecule has 0 amide bonds. The summed E-state index contributed by atoms with van der Waals surface area (Å²) in [5.41, 5.74) is 0.888. The number of carbonyl (C=O) groups is 1. The average molecular weight is 282 g/mol. The second-order valence-corrected chi connectivity index (χ2v) is 5.82. The molecule has 2 aromatic carbocycles. The fraction of sp³-hybridized carbons (Fsp3) is 0.450. The largest absolute Gasteiger partial charge is 0.294 e. The summed E-state index contributed by atoms with van der Waals surface area (Å²) in [7, 11) is 0. The van der Waals surface area contributed by atoms with Gasteiger partial charge in [0, 0.05) is 12.0 Å². The molecule has 0 bridgehead atoms. The van der Waals surface area contributed by atoms with E-state index in [1.165, 1.54) is 38.5 Å². The highest BCUT2D eigenvalue weighted by Crippen LogP contribution is 2.21. The Balaban J connectivity index is 1.83. The summed E-state index contributed by atoms with van der Waals surface area (Å²) in [6.45, 7) is 2.24. The van der Waals surface area contributed by atoms with Crippen molar-refractivity contribution in [1.82, 2.24) is 0 Å². The van der Waals surface area contributed by atoms with Gasteiger partial charge in [-0.3, -0.25) is 4.79 Å². The van der Waals surface area contributed by atoms with Crippen LogP contribution in [0.1, 0.15) is 68.6 Å². The highest BCUT2D eigenvalue weighted by atomic mass is 16.1. The molecule has 0 aliphatic rings. The Hall–Kier alpha value is -1.63. The highest BCUT2D eigenvalue weighted by molar-refractivity contribution is 6.08. The maximum Gasteiger partial charge on any atom is 0.163 e. The van der Waals surface area contributed by atoms with Crippen LogP contribution in [0, 0.1) is 0 Å². The number of fused-ring (bicyclic) bond motifs is 1. The summed E-state index contributed by atoms with van der Waals surface area (Å²) in [5, 5.41) is 2.25. The third-order valence-corrected chi connectivity index (χ3v) is 4.10. The molecule has 0 N–H and O–H groups in total. The minimum atomic E-state index is 0.292. The number of hydrogen-bond donors (Lipinski definition) is 0. The Morgan fingerprint density at radius 1 is 0.810 bits per heavy atom. The Labute approximate surface area is 128 Å². The van der Waals surface area contributed by atoms with E-state index in [1.807, 2.05) is 30.3 Å². The first kappa shape index (κ1) is 15.8. The molecule has 0 fully saturated rings. The monoisotopic (exact) mass is 282 g/mol. The fourth-order valence-corrected chi connectivity index (χ4v) is 2.85. The molecule has 0 saturated heterocycles. The number of rotatable bonds is 9. The normalized spacial score (nSPS) is 10.9. The van der Waals surface area contributed by atoms with Gasteiger partial charge in [0.25, 0.3) is 0 Å². The molecule has 0 unspecified atom stereocenters. The summed E-state index contributed by atoms with van der Waals surface area (Å²) < 4.78 is 0. The van der Waals surface area contributed by atoms with Crippen molar-refractivity contribution in [3.63, 3.8) is 0 Å². The van der Waals surface area contributed by atoms with Gasteiger partial charge in [-0.2, -0.15) is 0 Å². The number of ketones is 1. The van der Waals surface area contributed by atoms with Crippen LogP contribution in [-0.4, -0.2) is 5.78 Å². The van der Waals surface area contributed by atoms with E-state index in [2.05, 4.69) is 19.1 Å². The number of Topliss-reactive ketones (excluding diaryl/α,β-unsaturated/α-hetero) is 1. The standard InChI is InChI=1S/C20H26O/c1-2-3-4-5-6-7-8-16-20(21)19-15-11-13-17-12-9-10-14-18(17)19/h9-15H,2-8,16H2,1H3. The average Bonchev–Trinajstić information content (AvgIpc) is 2.53. The van der Waals surface area contributed by atoms with E-state index in [4.69, 9.17) is 0 Å². The van der Waals surface area contributed by atoms with Gasteiger partial charge >= 0.3 is 0 Å². The predicted octanol–water partition coefficient (Wildman–Crippen LogP) is 6.16. The fourth-order valence-electron chi connectivity index (χ4n) is 2.85. The number of unbranched alkanes of at least 4 members (excludes halogenated alkanes) is 6. The van der Waals surface area contributed by atoms with Gasteiger partial charge in [0.1, 0.15) is 0 Å². The van der Waals surface area contributed by atoms with Crippen molar-refractivity contribution in [3.8, 4) is 0 Å². The molecule has 21 heavy (non-hydrogen) atoms. The highest BCUT2D eigenvalue weighted by Gasteiger charge is 2.09. The summed E-state index contributed by atoms with van der Waals surface area (Å²) in [6, 6.07) is 14.2. The number of benzene rings is 2. The van der Waals surface area contributed by atoms with Gasteiger partial charge < -0.3 is 0 Å². The van der Waals surface area contributed by atoms with Crippen LogP contribution in [0.15, 0.2) is 42.5 Å². The Kier molecular flexibility index (Phi) is 6.46. The van der Waals surface area contributed by atoms with Crippen molar-refractivity contribution in [3.05, 3.63) is 48.0 Å². The lowest BCUT2D eigenvalue weighted by Gasteiger charge is -2.06. The van der Waals surface area contributed by atoms with Crippen molar-refractivity contribution < 1.29 is 4.79 Å². The van der Waals surface area contributed by atoms with E-state index in [9.17, 15) is 4.79 Å². The molecule has 1 nitrogen and oxygen atoms in total. The maximum atomic E-state index is 12.4. The quantitative estimate of drug-likeness (QED) is 0.397. The molecule has 0 heterocycles. The summed E-state index contributed by atoms with van der Waals surface area (Å²) in [4.78, 5) is 12.4. The number of carbonyl (C=O) groups excluding carboxylic acids is 1. The second kappa shape index (κ2) is 8.61. The zero-order valence-electron chi connectivity index (χ0n) is 13.1. The van der Waals surface area contributed by atoms with Crippen LogP contribution in [-0.2, 0) is 0 Å². The Morgan fingerprint density at radius 2 is 1.48 bits per heavy atom. The van der Waals surface area contributed by atoms with E-state index in [-0.39, 0.29) is 0 Å². The van der Waals surface area contributed by atoms with E-state index >= 15 is 0 Å². The molecule has 0 radical (unpaired) electrons. The van der Waals surface area contributed by atoms with Crippen LogP contribution in [0.25, 0.3) is 10.8 Å². The Bertz CT molecular complexity index is 566. The Morgan fingerprint density at radius 3 is 2.29 bits per heavy atom. The smallest absolute Gasteiger partial charge is 0.163 e. The molecule has 0 aromatic heterocycles. The van der Waals surface area contributed by atoms with E-state index in [0.717, 1.165) is 22.8 Å². The van der Waals surface area contributed by atoms with Crippen LogP contribution in [0.3, 0.4) is 0 Å². The van der Waals surface area contributed by atoms with Crippen molar-refractivity contribution in [2.45, 2.75) is 58.3 Å². The van der Waals surface area contributed by atoms with Gasteiger partial charge in [0.05, 0.1) is 0 Å². The molecule has 2 aromatic rings. The topological polar surface area (TPSA) is 17.1 Å². The molecule has 0 spiro atoms. The van der Waals surface area contributed by atoms with Gasteiger partial charge in [0.2, 0.25) is 0 Å². The molecular weight excluding hydrogens is 256 g/mol. The lowest BCUT2D eigenvalue weighted by atomic mass is 9.98. The molecule has 0 aliphatic heterocycles. The van der Waals surface area contributed by atoms with Gasteiger partial charge in [-0.25, -0.2) is 0 Å². The zero-order valence-corrected chi connectivity index (χ0v) is 13.1. The molecule has 112 valence electrons. The lowest BCUT2D eigenvalue weighted by Crippen LogP contribution is -2.00. The van der Waals surface area contributed by atoms with Crippen molar-refractivity contribution >= 4 is 16.6 Å². The van der Waals surface area contributed by atoms with Gasteiger partial charge in [-0.15, -0.1) is 0 Å². The van der Waals surface area contributed by atoms with Crippen LogP contribution in [0.5, 0.6) is 0 Å². The first-order valence-corrected chi connectivity index (χ1v) is 8.34. The van der Waals surface area contributed by atoms with Crippen molar-refractivity contribution in [2.24, 2.45) is 0 Å². The van der Waals surface area contributed by atoms with E-state index < -0.39 is 0 Å². The van der Waals surface area contributed by atoms with E-state index in [1.54, 1.807) is 0 Å². The molecule has 2 rings (SSSR count). The molecule has 0 atom stereocenters. The predicted molar refractivity (Wildman–Crippen MR) is 90.9 cm³/mol. The number of hydrogen-bond acceptors (Lipinski definition) is 1.